The molecule has 0 radical (unpaired) electrons. The maximum Gasteiger partial charge on any atom is 0.306 e. The Bertz CT molecular complexity index is 2140. The minimum absolute atomic E-state index is 0.0541. The molecule has 2 amide bonds. The first kappa shape index (κ1) is 42.3. The number of carbonyl (C=O) groups is 3. The molecule has 6 rings (SSSR count). The van der Waals surface area contributed by atoms with E-state index in [-0.39, 0.29) is 57.8 Å². The van der Waals surface area contributed by atoms with Crippen LogP contribution in [-0.4, -0.2) is 70.4 Å². The molecule has 1 aliphatic carbocycles. The number of allylic oxidation sites excluding steroid dienone is 1. The molecular weight excluding hydrogens is 766 g/mol. The second kappa shape index (κ2) is 17.6. The number of carbonyl (C=O) groups excluding carboxylic acids is 3. The van der Waals surface area contributed by atoms with E-state index < -0.39 is 27.8 Å². The van der Waals surface area contributed by atoms with Crippen LogP contribution in [0, 0.1) is 23.7 Å². The Balaban J connectivity index is 1.47. The molecular formula is C43H56ClN5O7S. The lowest BCUT2D eigenvalue weighted by molar-refractivity contribution is -0.150. The lowest BCUT2D eigenvalue weighted by atomic mass is 9.70. The highest BCUT2D eigenvalue weighted by Crippen LogP contribution is 2.45. The molecule has 2 bridgehead atoms. The first-order valence-corrected chi connectivity index (χ1v) is 22.0. The van der Waals surface area contributed by atoms with Crippen molar-refractivity contribution in [3.63, 3.8) is 0 Å². The predicted octanol–water partition coefficient (Wildman–Crippen LogP) is 7.72. The monoisotopic (exact) mass is 821 g/mol. The van der Waals surface area contributed by atoms with Crippen LogP contribution in [0.1, 0.15) is 98.6 Å². The third-order valence-corrected chi connectivity index (χ3v) is 13.7. The lowest BCUT2D eigenvalue weighted by Crippen LogP contribution is -2.47. The van der Waals surface area contributed by atoms with E-state index in [2.05, 4.69) is 45.1 Å². The number of hydrogen-bond donors (Lipinski definition) is 1. The van der Waals surface area contributed by atoms with Gasteiger partial charge in [0.2, 0.25) is 5.88 Å². The van der Waals surface area contributed by atoms with Gasteiger partial charge in [-0.15, -0.1) is 9.46 Å². The van der Waals surface area contributed by atoms with Crippen LogP contribution in [0.15, 0.2) is 59.1 Å². The number of esters is 1. The fraction of sp³-hybridized carbons (Fsp3) is 0.535. The Hall–Kier alpha value is -4.36. The Morgan fingerprint density at radius 2 is 1.96 bits per heavy atom. The molecule has 1 N–H and O–H groups in total. The molecule has 1 unspecified atom stereocenters. The van der Waals surface area contributed by atoms with Gasteiger partial charge >= 0.3 is 5.97 Å². The van der Waals surface area contributed by atoms with Crippen LogP contribution in [0.4, 0.5) is 5.69 Å². The number of nitrogens with one attached hydrogen (secondary N) is 1. The Labute approximate surface area is 342 Å². The summed E-state index contributed by atoms with van der Waals surface area (Å²) >= 11 is 6.49. The average Bonchev–Trinajstić information content (AvgIpc) is 3.47. The van der Waals surface area contributed by atoms with Gasteiger partial charge in [0.05, 0.1) is 25.2 Å². The van der Waals surface area contributed by atoms with Crippen molar-refractivity contribution >= 4 is 45.0 Å². The SMILES string of the molecule is CC[C@H]1CN2C[C@@]3(CCCc4cc(Cl)ccc43)COc3ccc(cc32)C(=O)N=S(=O)(NC(=O)c2cn(C)nc2OC)C[C@@H](C)C/C=C\[C@H](OC(=O)CC(C)C)[C@@H]1C. The number of fused-ring (bicyclic) bond motifs is 3. The molecule has 3 heterocycles. The van der Waals surface area contributed by atoms with Gasteiger partial charge in [0.25, 0.3) is 11.8 Å². The van der Waals surface area contributed by atoms with Crippen LogP contribution in [0.5, 0.6) is 11.6 Å². The van der Waals surface area contributed by atoms with E-state index in [1.54, 1.807) is 25.2 Å². The van der Waals surface area contributed by atoms with Crippen LogP contribution in [-0.2, 0) is 38.3 Å². The number of halogens is 1. The summed E-state index contributed by atoms with van der Waals surface area (Å²) in [7, 11) is -0.661. The zero-order valence-corrected chi connectivity index (χ0v) is 35.7. The van der Waals surface area contributed by atoms with Crippen LogP contribution < -0.4 is 19.1 Å². The zero-order chi connectivity index (χ0) is 41.1. The molecule has 12 nitrogen and oxygen atoms in total. The first-order chi connectivity index (χ1) is 27.1. The summed E-state index contributed by atoms with van der Waals surface area (Å²) in [5.74, 6) is -1.29. The second-order valence-electron chi connectivity index (χ2n) is 16.5. The van der Waals surface area contributed by atoms with Crippen molar-refractivity contribution in [2.75, 3.05) is 37.5 Å². The summed E-state index contributed by atoms with van der Waals surface area (Å²) in [4.78, 5) is 43.3. The normalized spacial score (nSPS) is 27.1. The van der Waals surface area contributed by atoms with Gasteiger partial charge in [0, 0.05) is 54.7 Å². The van der Waals surface area contributed by atoms with Crippen molar-refractivity contribution in [2.24, 2.45) is 35.1 Å². The summed E-state index contributed by atoms with van der Waals surface area (Å²) in [6.07, 6.45) is 9.17. The summed E-state index contributed by atoms with van der Waals surface area (Å²) in [6, 6.07) is 11.3. The molecule has 0 saturated heterocycles. The van der Waals surface area contributed by atoms with Gasteiger partial charge in [-0.05, 0) is 91.0 Å². The van der Waals surface area contributed by atoms with Crippen molar-refractivity contribution in [3.8, 4) is 11.6 Å². The van der Waals surface area contributed by atoms with Gasteiger partial charge in [-0.25, -0.2) is 4.21 Å². The van der Waals surface area contributed by atoms with Crippen molar-refractivity contribution < 1.29 is 32.8 Å². The number of hydrogen-bond acceptors (Lipinski definition) is 9. The standard InChI is InChI=1S/C43H56ClN5O7S/c1-8-30-22-49-25-43(18-10-12-31-20-33(44)15-16-35(31)43)26-55-38-17-14-32(21-36(38)49)40(51)46-57(53,47-41(52)34-23-48(6)45-42(34)54-7)24-28(4)11-9-13-37(29(30)5)56-39(50)19-27(2)3/h9,13-17,20-21,23,27-30,37H,8,10-12,18-19,22,24-26H2,1-7H3,(H,46,47,51,52,53)/b13-9-/t28-,29+,30-,37-,43-,57?/m0/s1. The maximum absolute atomic E-state index is 14.7. The van der Waals surface area contributed by atoms with Gasteiger partial charge in [-0.2, -0.15) is 0 Å². The second-order valence-corrected chi connectivity index (χ2v) is 18.9. The molecule has 1 aromatic heterocycles. The van der Waals surface area contributed by atoms with E-state index in [1.807, 2.05) is 39.0 Å². The van der Waals surface area contributed by atoms with Gasteiger partial charge in [-0.3, -0.25) is 23.8 Å². The number of anilines is 1. The molecule has 3 aromatic rings. The number of methoxy groups -OCH3 is 1. The molecule has 3 aliphatic rings. The van der Waals surface area contributed by atoms with E-state index in [4.69, 9.17) is 25.8 Å². The largest absolute Gasteiger partial charge is 0.490 e. The number of aromatic nitrogens is 2. The number of aryl methyl sites for hydroxylation is 2. The van der Waals surface area contributed by atoms with Gasteiger partial charge in [-0.1, -0.05) is 64.8 Å². The Morgan fingerprint density at radius 1 is 1.18 bits per heavy atom. The molecule has 0 fully saturated rings. The van der Waals surface area contributed by atoms with E-state index in [0.29, 0.717) is 43.3 Å². The summed E-state index contributed by atoms with van der Waals surface area (Å²) in [5.41, 5.74) is 3.07. The summed E-state index contributed by atoms with van der Waals surface area (Å²) < 4.78 is 41.2. The molecule has 2 aliphatic heterocycles. The number of rotatable bonds is 7. The molecule has 0 saturated carbocycles. The highest BCUT2D eigenvalue weighted by Gasteiger charge is 2.43. The van der Waals surface area contributed by atoms with Crippen LogP contribution in [0.3, 0.4) is 0 Å². The van der Waals surface area contributed by atoms with Crippen molar-refractivity contribution in [1.82, 2.24) is 14.5 Å². The van der Waals surface area contributed by atoms with E-state index in [0.717, 1.165) is 31.4 Å². The van der Waals surface area contributed by atoms with Crippen LogP contribution in [0.25, 0.3) is 0 Å². The Morgan fingerprint density at radius 3 is 2.70 bits per heavy atom. The maximum atomic E-state index is 14.7. The number of amides is 2. The van der Waals surface area contributed by atoms with Gasteiger partial charge in [0.1, 0.15) is 27.3 Å². The fourth-order valence-electron chi connectivity index (χ4n) is 8.48. The molecule has 6 atom stereocenters. The third kappa shape index (κ3) is 9.68. The van der Waals surface area contributed by atoms with Crippen molar-refractivity contribution in [3.05, 3.63) is 82.0 Å². The number of nitrogens with zero attached hydrogens (tertiary/aromatic N) is 4. The first-order valence-electron chi connectivity index (χ1n) is 20.0. The quantitative estimate of drug-likeness (QED) is 0.187. The molecule has 2 aromatic carbocycles. The van der Waals surface area contributed by atoms with Crippen molar-refractivity contribution in [2.45, 2.75) is 84.7 Å². The summed E-state index contributed by atoms with van der Waals surface area (Å²) in [6.45, 7) is 11.8. The molecule has 308 valence electrons. The van der Waals surface area contributed by atoms with Gasteiger partial charge < -0.3 is 19.1 Å². The smallest absolute Gasteiger partial charge is 0.306 e. The van der Waals surface area contributed by atoms with Gasteiger partial charge in [0.15, 0.2) is 0 Å². The van der Waals surface area contributed by atoms with E-state index >= 15 is 0 Å². The Kier molecular flexibility index (Phi) is 13.1. The molecule has 14 heteroatoms. The number of benzene rings is 2. The van der Waals surface area contributed by atoms with E-state index in [9.17, 15) is 18.6 Å². The fourth-order valence-corrected chi connectivity index (χ4v) is 10.6. The summed E-state index contributed by atoms with van der Waals surface area (Å²) in [5, 5.41) is 4.86. The lowest BCUT2D eigenvalue weighted by Gasteiger charge is -2.42. The van der Waals surface area contributed by atoms with Crippen molar-refractivity contribution in [1.29, 1.82) is 0 Å². The number of ether oxygens (including phenoxy) is 3. The predicted molar refractivity (Wildman–Crippen MR) is 222 cm³/mol. The van der Waals surface area contributed by atoms with Crippen LogP contribution >= 0.6 is 11.6 Å². The highest BCUT2D eigenvalue weighted by atomic mass is 35.5. The molecule has 1 spiro atoms. The minimum Gasteiger partial charge on any atom is -0.490 e. The van der Waals surface area contributed by atoms with Crippen LogP contribution in [0.2, 0.25) is 5.02 Å². The van der Waals surface area contributed by atoms with E-state index in [1.165, 1.54) is 29.1 Å². The zero-order valence-electron chi connectivity index (χ0n) is 34.1. The highest BCUT2D eigenvalue weighted by molar-refractivity contribution is 7.92. The minimum atomic E-state index is -3.69. The third-order valence-electron chi connectivity index (χ3n) is 11.5. The average molecular weight is 822 g/mol. The molecule has 57 heavy (non-hydrogen) atoms. The topological polar surface area (TPSA) is 141 Å².